The van der Waals surface area contributed by atoms with Crippen molar-refractivity contribution in [3.8, 4) is 0 Å². The van der Waals surface area contributed by atoms with Gasteiger partial charge in [-0.05, 0) is 25.8 Å². The standard InChI is InChI=1S/C11H24N2/c1-9(2)13-8-10(3)12-7-6-11-4-5-11/h9-13H,4-8H2,1-3H3. The van der Waals surface area contributed by atoms with Crippen LogP contribution in [0, 0.1) is 5.92 Å². The summed E-state index contributed by atoms with van der Waals surface area (Å²) in [4.78, 5) is 0. The van der Waals surface area contributed by atoms with Gasteiger partial charge in [-0.3, -0.25) is 0 Å². The minimum atomic E-state index is 0.604. The smallest absolute Gasteiger partial charge is 0.0164 e. The minimum absolute atomic E-state index is 0.604. The Labute approximate surface area is 82.5 Å². The van der Waals surface area contributed by atoms with Gasteiger partial charge < -0.3 is 10.6 Å². The Morgan fingerprint density at radius 1 is 1.15 bits per heavy atom. The van der Waals surface area contributed by atoms with Crippen LogP contribution in [0.5, 0.6) is 0 Å². The lowest BCUT2D eigenvalue weighted by atomic mass is 10.2. The first-order chi connectivity index (χ1) is 6.18. The maximum atomic E-state index is 3.55. The van der Waals surface area contributed by atoms with Gasteiger partial charge in [0, 0.05) is 18.6 Å². The second-order valence-electron chi connectivity index (χ2n) is 4.65. The molecular weight excluding hydrogens is 160 g/mol. The number of hydrogen-bond donors (Lipinski definition) is 2. The normalized spacial score (nSPS) is 19.4. The predicted molar refractivity (Wildman–Crippen MR) is 57.9 cm³/mol. The van der Waals surface area contributed by atoms with Crippen LogP contribution < -0.4 is 10.6 Å². The minimum Gasteiger partial charge on any atom is -0.313 e. The van der Waals surface area contributed by atoms with Crippen molar-refractivity contribution < 1.29 is 0 Å². The number of hydrogen-bond acceptors (Lipinski definition) is 2. The van der Waals surface area contributed by atoms with Crippen LogP contribution in [0.15, 0.2) is 0 Å². The molecule has 0 bridgehead atoms. The second-order valence-corrected chi connectivity index (χ2v) is 4.65. The van der Waals surface area contributed by atoms with Gasteiger partial charge in [0.05, 0.1) is 0 Å². The van der Waals surface area contributed by atoms with Gasteiger partial charge in [0.15, 0.2) is 0 Å². The van der Waals surface area contributed by atoms with Crippen molar-refractivity contribution in [2.75, 3.05) is 13.1 Å². The number of nitrogens with one attached hydrogen (secondary N) is 2. The Balaban J connectivity index is 1.87. The zero-order valence-corrected chi connectivity index (χ0v) is 9.27. The fourth-order valence-electron chi connectivity index (χ4n) is 1.43. The van der Waals surface area contributed by atoms with Crippen LogP contribution in [0.1, 0.15) is 40.0 Å². The fraction of sp³-hybridized carbons (Fsp3) is 1.00. The molecule has 1 fully saturated rings. The summed E-state index contributed by atoms with van der Waals surface area (Å²) in [5.41, 5.74) is 0. The monoisotopic (exact) mass is 184 g/mol. The quantitative estimate of drug-likeness (QED) is 0.630. The molecule has 0 aromatic rings. The molecule has 2 nitrogen and oxygen atoms in total. The highest BCUT2D eigenvalue weighted by Gasteiger charge is 2.20. The Morgan fingerprint density at radius 3 is 2.38 bits per heavy atom. The Morgan fingerprint density at radius 2 is 1.85 bits per heavy atom. The molecule has 1 saturated carbocycles. The molecular formula is C11H24N2. The molecule has 0 spiro atoms. The van der Waals surface area contributed by atoms with E-state index in [9.17, 15) is 0 Å². The molecule has 2 heteroatoms. The Bertz CT molecular complexity index is 130. The van der Waals surface area contributed by atoms with E-state index in [2.05, 4.69) is 31.4 Å². The molecule has 1 atom stereocenters. The summed E-state index contributed by atoms with van der Waals surface area (Å²) < 4.78 is 0. The molecule has 1 unspecified atom stereocenters. The molecule has 13 heavy (non-hydrogen) atoms. The van der Waals surface area contributed by atoms with E-state index in [0.717, 1.165) is 12.5 Å². The predicted octanol–water partition coefficient (Wildman–Crippen LogP) is 1.76. The second kappa shape index (κ2) is 5.61. The van der Waals surface area contributed by atoms with Gasteiger partial charge in [-0.15, -0.1) is 0 Å². The first kappa shape index (κ1) is 11.0. The van der Waals surface area contributed by atoms with E-state index in [1.165, 1.54) is 25.8 Å². The van der Waals surface area contributed by atoms with Crippen molar-refractivity contribution in [3.63, 3.8) is 0 Å². The third kappa shape index (κ3) is 6.05. The summed E-state index contributed by atoms with van der Waals surface area (Å²) in [7, 11) is 0. The summed E-state index contributed by atoms with van der Waals surface area (Å²) in [6.07, 6.45) is 4.33. The lowest BCUT2D eigenvalue weighted by Gasteiger charge is -2.16. The van der Waals surface area contributed by atoms with Gasteiger partial charge in [-0.25, -0.2) is 0 Å². The Kier molecular flexibility index (Phi) is 4.74. The molecule has 0 amide bonds. The summed E-state index contributed by atoms with van der Waals surface area (Å²) in [6.45, 7) is 8.92. The SMILES string of the molecule is CC(C)NCC(C)NCCC1CC1. The maximum Gasteiger partial charge on any atom is 0.0164 e. The van der Waals surface area contributed by atoms with E-state index in [1.54, 1.807) is 0 Å². The van der Waals surface area contributed by atoms with Crippen molar-refractivity contribution in [2.45, 2.75) is 52.1 Å². The van der Waals surface area contributed by atoms with E-state index in [1.807, 2.05) is 0 Å². The first-order valence-electron chi connectivity index (χ1n) is 5.65. The van der Waals surface area contributed by atoms with Crippen LogP contribution in [0.3, 0.4) is 0 Å². The summed E-state index contributed by atoms with van der Waals surface area (Å²) in [5.74, 6) is 1.05. The molecule has 1 rings (SSSR count). The lowest BCUT2D eigenvalue weighted by molar-refractivity contribution is 0.464. The number of rotatable bonds is 7. The van der Waals surface area contributed by atoms with E-state index in [0.29, 0.717) is 12.1 Å². The molecule has 78 valence electrons. The molecule has 0 aromatic heterocycles. The van der Waals surface area contributed by atoms with Crippen molar-refractivity contribution in [1.29, 1.82) is 0 Å². The maximum absolute atomic E-state index is 3.55. The summed E-state index contributed by atoms with van der Waals surface area (Å²) >= 11 is 0. The summed E-state index contributed by atoms with van der Waals surface area (Å²) in [5, 5.41) is 6.98. The van der Waals surface area contributed by atoms with Gasteiger partial charge in [-0.1, -0.05) is 26.7 Å². The van der Waals surface area contributed by atoms with Crippen molar-refractivity contribution in [3.05, 3.63) is 0 Å². The van der Waals surface area contributed by atoms with Gasteiger partial charge in [0.25, 0.3) is 0 Å². The van der Waals surface area contributed by atoms with E-state index in [-0.39, 0.29) is 0 Å². The molecule has 0 saturated heterocycles. The zero-order chi connectivity index (χ0) is 9.68. The van der Waals surface area contributed by atoms with Crippen LogP contribution in [0.4, 0.5) is 0 Å². The molecule has 0 radical (unpaired) electrons. The topological polar surface area (TPSA) is 24.1 Å². The molecule has 0 heterocycles. The fourth-order valence-corrected chi connectivity index (χ4v) is 1.43. The highest BCUT2D eigenvalue weighted by atomic mass is 15.0. The first-order valence-corrected chi connectivity index (χ1v) is 5.65. The lowest BCUT2D eigenvalue weighted by Crippen LogP contribution is -2.39. The highest BCUT2D eigenvalue weighted by molar-refractivity contribution is 4.75. The van der Waals surface area contributed by atoms with Gasteiger partial charge >= 0.3 is 0 Å². The van der Waals surface area contributed by atoms with E-state index in [4.69, 9.17) is 0 Å². The third-order valence-electron chi connectivity index (χ3n) is 2.57. The average molecular weight is 184 g/mol. The van der Waals surface area contributed by atoms with E-state index >= 15 is 0 Å². The highest BCUT2D eigenvalue weighted by Crippen LogP contribution is 2.31. The van der Waals surface area contributed by atoms with Crippen LogP contribution in [-0.4, -0.2) is 25.2 Å². The van der Waals surface area contributed by atoms with E-state index < -0.39 is 0 Å². The molecule has 1 aliphatic rings. The Hall–Kier alpha value is -0.0800. The average Bonchev–Trinajstić information content (AvgIpc) is 2.84. The third-order valence-corrected chi connectivity index (χ3v) is 2.57. The summed E-state index contributed by atoms with van der Waals surface area (Å²) in [6, 6.07) is 1.22. The van der Waals surface area contributed by atoms with Gasteiger partial charge in [-0.2, -0.15) is 0 Å². The van der Waals surface area contributed by atoms with Gasteiger partial charge in [0.1, 0.15) is 0 Å². The van der Waals surface area contributed by atoms with Crippen LogP contribution >= 0.6 is 0 Å². The van der Waals surface area contributed by atoms with Crippen molar-refractivity contribution >= 4 is 0 Å². The van der Waals surface area contributed by atoms with Crippen LogP contribution in [0.25, 0.3) is 0 Å². The van der Waals surface area contributed by atoms with Crippen molar-refractivity contribution in [1.82, 2.24) is 10.6 Å². The largest absolute Gasteiger partial charge is 0.313 e. The molecule has 1 aliphatic carbocycles. The molecule has 0 aliphatic heterocycles. The molecule has 0 aromatic carbocycles. The zero-order valence-electron chi connectivity index (χ0n) is 9.27. The molecule has 2 N–H and O–H groups in total. The van der Waals surface area contributed by atoms with Crippen molar-refractivity contribution in [2.24, 2.45) is 5.92 Å². The van der Waals surface area contributed by atoms with Gasteiger partial charge in [0.2, 0.25) is 0 Å². The van der Waals surface area contributed by atoms with Crippen LogP contribution in [-0.2, 0) is 0 Å². The van der Waals surface area contributed by atoms with Crippen LogP contribution in [0.2, 0.25) is 0 Å².